The lowest BCUT2D eigenvalue weighted by atomic mass is 9.98. The van der Waals surface area contributed by atoms with Crippen molar-refractivity contribution < 1.29 is 0 Å². The van der Waals surface area contributed by atoms with Crippen LogP contribution < -0.4 is 5.01 Å². The van der Waals surface area contributed by atoms with Crippen LogP contribution in [0.3, 0.4) is 0 Å². The molecule has 7 heteroatoms. The van der Waals surface area contributed by atoms with E-state index in [2.05, 4.69) is 80.4 Å². The predicted octanol–water partition coefficient (Wildman–Crippen LogP) is 8.83. The molecule has 0 fully saturated rings. The maximum absolute atomic E-state index is 6.36. The number of aromatic nitrogens is 2. The van der Waals surface area contributed by atoms with Crippen LogP contribution in [0.25, 0.3) is 22.2 Å². The molecular formula is C29H19Br2ClN4. The highest BCUT2D eigenvalue weighted by molar-refractivity contribution is 9.10. The van der Waals surface area contributed by atoms with Crippen molar-refractivity contribution in [3.8, 4) is 11.3 Å². The minimum atomic E-state index is -0.0369. The second-order valence-corrected chi connectivity index (χ2v) is 10.8. The number of halogens is 3. The summed E-state index contributed by atoms with van der Waals surface area (Å²) >= 11 is 13.5. The summed E-state index contributed by atoms with van der Waals surface area (Å²) in [6.07, 6.45) is 0.742. The van der Waals surface area contributed by atoms with Crippen molar-refractivity contribution in [3.05, 3.63) is 122 Å². The van der Waals surface area contributed by atoms with Crippen LogP contribution in [0.15, 0.2) is 111 Å². The lowest BCUT2D eigenvalue weighted by Crippen LogP contribution is -2.21. The normalized spacial score (nSPS) is 15.4. The number of nitrogens with zero attached hydrogens (tertiary/aromatic N) is 4. The van der Waals surface area contributed by atoms with Gasteiger partial charge < -0.3 is 0 Å². The number of hydrogen-bond donors (Lipinski definition) is 0. The third-order valence-corrected chi connectivity index (χ3v) is 7.53. The maximum atomic E-state index is 6.36. The lowest BCUT2D eigenvalue weighted by Gasteiger charge is -2.23. The standard InChI is InChI=1S/C29H19Br2ClN4/c30-21-10-6-18(7-11-21)26-17-27(19-8-12-22(31)13-9-19)36(35-26)29-33-25-15-14-23(32)16-24(25)28(34-29)20-4-2-1-3-5-20/h1-16,27H,17H2/t27-/m1/s1. The van der Waals surface area contributed by atoms with Crippen LogP contribution in [0.5, 0.6) is 0 Å². The number of rotatable bonds is 4. The lowest BCUT2D eigenvalue weighted by molar-refractivity contribution is 0.689. The van der Waals surface area contributed by atoms with Crippen LogP contribution in [0, 0.1) is 0 Å². The Labute approximate surface area is 230 Å². The molecular weight excluding hydrogens is 600 g/mol. The maximum Gasteiger partial charge on any atom is 0.247 e. The molecule has 4 aromatic carbocycles. The SMILES string of the molecule is Clc1ccc2nc(N3N=C(c4ccc(Br)cc4)C[C@@H]3c3ccc(Br)cc3)nc(-c3ccccc3)c2c1. The van der Waals surface area contributed by atoms with E-state index in [9.17, 15) is 0 Å². The molecule has 176 valence electrons. The molecule has 1 aromatic heterocycles. The first-order chi connectivity index (χ1) is 17.5. The Bertz CT molecular complexity index is 1590. The molecule has 0 saturated heterocycles. The van der Waals surface area contributed by atoms with Crippen molar-refractivity contribution in [2.24, 2.45) is 5.10 Å². The molecule has 5 aromatic rings. The second-order valence-electron chi connectivity index (χ2n) is 8.57. The molecule has 0 amide bonds. The van der Waals surface area contributed by atoms with Gasteiger partial charge in [-0.15, -0.1) is 0 Å². The summed E-state index contributed by atoms with van der Waals surface area (Å²) in [4.78, 5) is 10.0. The van der Waals surface area contributed by atoms with E-state index in [1.165, 1.54) is 0 Å². The van der Waals surface area contributed by atoms with Gasteiger partial charge in [-0.25, -0.2) is 15.0 Å². The molecule has 6 rings (SSSR count). The van der Waals surface area contributed by atoms with Crippen LogP contribution >= 0.6 is 43.5 Å². The van der Waals surface area contributed by atoms with Crippen molar-refractivity contribution in [1.29, 1.82) is 0 Å². The number of hydrazone groups is 1. The molecule has 0 N–H and O–H groups in total. The predicted molar refractivity (Wildman–Crippen MR) is 155 cm³/mol. The Morgan fingerprint density at radius 2 is 1.44 bits per heavy atom. The highest BCUT2D eigenvalue weighted by Crippen LogP contribution is 2.38. The minimum absolute atomic E-state index is 0.0369. The molecule has 4 nitrogen and oxygen atoms in total. The van der Waals surface area contributed by atoms with Gasteiger partial charge in [0.05, 0.1) is 23.0 Å². The fraction of sp³-hybridized carbons (Fsp3) is 0.0690. The number of fused-ring (bicyclic) bond motifs is 1. The van der Waals surface area contributed by atoms with Gasteiger partial charge in [-0.1, -0.05) is 98.1 Å². The number of benzene rings is 4. The zero-order valence-corrected chi connectivity index (χ0v) is 22.9. The van der Waals surface area contributed by atoms with Gasteiger partial charge >= 0.3 is 0 Å². The van der Waals surface area contributed by atoms with Crippen LogP contribution in [0.2, 0.25) is 5.02 Å². The van der Waals surface area contributed by atoms with Crippen molar-refractivity contribution in [2.45, 2.75) is 12.5 Å². The van der Waals surface area contributed by atoms with Gasteiger partial charge in [0.25, 0.3) is 0 Å². The fourth-order valence-electron chi connectivity index (χ4n) is 4.46. The summed E-state index contributed by atoms with van der Waals surface area (Å²) in [6.45, 7) is 0. The van der Waals surface area contributed by atoms with Gasteiger partial charge in [-0.3, -0.25) is 0 Å². The molecule has 2 heterocycles. The van der Waals surface area contributed by atoms with E-state index < -0.39 is 0 Å². The van der Waals surface area contributed by atoms with Crippen LogP contribution in [0.4, 0.5) is 5.95 Å². The summed E-state index contributed by atoms with van der Waals surface area (Å²) in [5.41, 5.74) is 5.89. The Morgan fingerprint density at radius 1 is 0.750 bits per heavy atom. The van der Waals surface area contributed by atoms with E-state index in [-0.39, 0.29) is 6.04 Å². The smallest absolute Gasteiger partial charge is 0.223 e. The molecule has 36 heavy (non-hydrogen) atoms. The largest absolute Gasteiger partial charge is 0.247 e. The van der Waals surface area contributed by atoms with Crippen LogP contribution in [-0.2, 0) is 0 Å². The molecule has 1 aliphatic heterocycles. The average molecular weight is 619 g/mol. The first-order valence-corrected chi connectivity index (χ1v) is 13.4. The van der Waals surface area contributed by atoms with Crippen LogP contribution in [0.1, 0.15) is 23.6 Å². The topological polar surface area (TPSA) is 41.4 Å². The molecule has 0 spiro atoms. The van der Waals surface area contributed by atoms with Gasteiger partial charge in [0.2, 0.25) is 5.95 Å². The van der Waals surface area contributed by atoms with Gasteiger partial charge in [0, 0.05) is 31.3 Å². The Hall–Kier alpha value is -3.06. The van der Waals surface area contributed by atoms with E-state index >= 15 is 0 Å². The molecule has 0 aliphatic carbocycles. The van der Waals surface area contributed by atoms with Gasteiger partial charge in [0.15, 0.2) is 0 Å². The highest BCUT2D eigenvalue weighted by Gasteiger charge is 2.32. The van der Waals surface area contributed by atoms with Gasteiger partial charge in [-0.2, -0.15) is 5.10 Å². The molecule has 0 saturated carbocycles. The molecule has 1 atom stereocenters. The van der Waals surface area contributed by atoms with Crippen molar-refractivity contribution >= 4 is 66.0 Å². The summed E-state index contributed by atoms with van der Waals surface area (Å²) in [6, 6.07) is 32.5. The number of anilines is 1. The highest BCUT2D eigenvalue weighted by atomic mass is 79.9. The van der Waals surface area contributed by atoms with Gasteiger partial charge in [0.1, 0.15) is 0 Å². The molecule has 0 radical (unpaired) electrons. The first kappa shape index (κ1) is 23.3. The Morgan fingerprint density at radius 3 is 2.17 bits per heavy atom. The zero-order chi connectivity index (χ0) is 24.6. The molecule has 1 aliphatic rings. The fourth-order valence-corrected chi connectivity index (χ4v) is 5.16. The quantitative estimate of drug-likeness (QED) is 0.202. The van der Waals surface area contributed by atoms with Crippen LogP contribution in [-0.4, -0.2) is 15.7 Å². The second kappa shape index (κ2) is 9.77. The van der Waals surface area contributed by atoms with E-state index in [0.717, 1.165) is 54.4 Å². The third-order valence-electron chi connectivity index (χ3n) is 6.24. The monoisotopic (exact) mass is 616 g/mol. The molecule has 0 unspecified atom stereocenters. The van der Waals surface area contributed by atoms with Crippen molar-refractivity contribution in [1.82, 2.24) is 9.97 Å². The minimum Gasteiger partial charge on any atom is -0.223 e. The van der Waals surface area contributed by atoms with Crippen molar-refractivity contribution in [3.63, 3.8) is 0 Å². The summed E-state index contributed by atoms with van der Waals surface area (Å²) in [5.74, 6) is 0.559. The summed E-state index contributed by atoms with van der Waals surface area (Å²) in [7, 11) is 0. The van der Waals surface area contributed by atoms with E-state index in [4.69, 9.17) is 26.7 Å². The van der Waals surface area contributed by atoms with Crippen molar-refractivity contribution in [2.75, 3.05) is 5.01 Å². The Balaban J connectivity index is 1.53. The number of hydrogen-bond acceptors (Lipinski definition) is 4. The summed E-state index contributed by atoms with van der Waals surface area (Å²) in [5, 5.41) is 8.59. The first-order valence-electron chi connectivity index (χ1n) is 11.5. The van der Waals surface area contributed by atoms with E-state index in [1.807, 2.05) is 53.5 Å². The summed E-state index contributed by atoms with van der Waals surface area (Å²) < 4.78 is 2.07. The zero-order valence-electron chi connectivity index (χ0n) is 18.9. The van der Waals surface area contributed by atoms with E-state index in [1.54, 1.807) is 0 Å². The third kappa shape index (κ3) is 4.57. The van der Waals surface area contributed by atoms with Gasteiger partial charge in [-0.05, 0) is 53.6 Å². The van der Waals surface area contributed by atoms with E-state index in [0.29, 0.717) is 11.0 Å². The molecule has 0 bridgehead atoms. The average Bonchev–Trinajstić information content (AvgIpc) is 3.35. The Kier molecular flexibility index (Phi) is 6.34.